The molecule has 3 rings (SSSR count). The van der Waals surface area contributed by atoms with Crippen LogP contribution >= 0.6 is 7.82 Å². The average molecular weight is 1650 g/mol. The topological polar surface area (TPSA) is 597 Å². The molecule has 3 heterocycles. The fraction of sp³-hybridized carbons (Fsp3) is 0.882. The summed E-state index contributed by atoms with van der Waals surface area (Å²) in [4.78, 5) is 112. The maximum Gasteiger partial charge on any atom is 0.471 e. The van der Waals surface area contributed by atoms with Crippen molar-refractivity contribution in [1.29, 1.82) is 0 Å². The largest absolute Gasteiger partial charge is 0.471 e. The molecule has 0 aromatic carbocycles. The standard InChI is InChI=1S/C68H124N7O36P/c1-44(79)72-56-62(89)59(86)50(38-76)109-66(56)105-34-31-99-22-19-96-25-28-102-41-53(83)69-15-10-7-13-47(65(92)71-17-9-5-6-12-18-108-112(93,94)95-4)37-49(82)48(75-55(85)43-104-30-27-98-21-24-101-33-36-107-68-58(74-46(3)81)64(91)61(88)52(40-78)111-68)14-8-11-16-70-54(84)42-103-29-26-97-20-23-100-32-35-106-67-57(73-45(2)80)63(90)60(87)51(39-77)110-67/h47-48,50-52,56-64,66-68,76-78,86-91H,5-43H2,1-4H3,(H,69,83)(H,70,84)(H,71,92)(H,72,79)(H,73,80)(H,74,81)(H,75,85)(H,93,94)/t47?,48-,50+,51+,52+,56+,57+,58+,59-,60-,61-,62+,63+,64+,66+,67+,68+/m0/s1. The molecule has 0 radical (unpaired) electrons. The summed E-state index contributed by atoms with van der Waals surface area (Å²) in [6.45, 7) is 2.82. The Hall–Kier alpha value is -4.89. The fourth-order valence-corrected chi connectivity index (χ4v) is 11.8. The van der Waals surface area contributed by atoms with Gasteiger partial charge in [0.15, 0.2) is 24.7 Å². The zero-order valence-electron chi connectivity index (χ0n) is 64.4. The van der Waals surface area contributed by atoms with Crippen molar-refractivity contribution in [2.24, 2.45) is 5.92 Å². The number of ether oxygens (including phenoxy) is 15. The maximum atomic E-state index is 14.3. The van der Waals surface area contributed by atoms with E-state index in [1.54, 1.807) is 0 Å². The van der Waals surface area contributed by atoms with Crippen molar-refractivity contribution < 1.29 is 174 Å². The SMILES string of the molecule is COP(=O)(O)OCCCCCCNC(=O)C(CCCCNC(=O)COCCOCCOCCO[C@@H]1O[C@H](CO)[C@H](O)[C@H](O)[C@H]1NC(C)=O)CC(=O)[C@H](CCCCNC(=O)COCCOCCOCCO[C@@H]1O[C@H](CO)[C@H](O)[C@H](O)[C@H]1NC(C)=O)NC(=O)COCCOCCOCCO[C@@H]1O[C@H](CO)[C@H](O)[C@H](O)[C@H]1NC(C)=O. The monoisotopic (exact) mass is 1650 g/mol. The lowest BCUT2D eigenvalue weighted by Gasteiger charge is -2.42. The zero-order valence-corrected chi connectivity index (χ0v) is 65.3. The Bertz CT molecular complexity index is 2660. The van der Waals surface area contributed by atoms with Gasteiger partial charge in [-0.3, -0.25) is 47.4 Å². The van der Waals surface area contributed by atoms with Gasteiger partial charge in [-0.15, -0.1) is 0 Å². The number of hydrogen-bond acceptors (Lipinski definition) is 35. The normalized spacial score (nSPS) is 24.9. The number of phosphoric ester groups is 1. The Balaban J connectivity index is 1.49. The van der Waals surface area contributed by atoms with Crippen LogP contribution in [0.1, 0.15) is 91.4 Å². The third-order valence-corrected chi connectivity index (χ3v) is 18.1. The number of aliphatic hydroxyl groups excluding tert-OH is 9. The van der Waals surface area contributed by atoms with E-state index in [2.05, 4.69) is 41.7 Å². The highest BCUT2D eigenvalue weighted by molar-refractivity contribution is 7.47. The molecule has 3 saturated heterocycles. The molecule has 44 heteroatoms. The Labute approximate surface area is 651 Å². The van der Waals surface area contributed by atoms with Gasteiger partial charge in [-0.25, -0.2) is 4.57 Å². The number of Topliss-reactive ketones (excluding diaryl/α,β-unsaturated/α-hetero) is 1. The highest BCUT2D eigenvalue weighted by Crippen LogP contribution is 2.42. The summed E-state index contributed by atoms with van der Waals surface area (Å²) in [5, 5.41) is 109. The number of amides is 7. The van der Waals surface area contributed by atoms with Gasteiger partial charge in [-0.2, -0.15) is 0 Å². The number of unbranched alkanes of at least 4 members (excludes halogenated alkanes) is 5. The second-order valence-electron chi connectivity index (χ2n) is 26.1. The van der Waals surface area contributed by atoms with Crippen LogP contribution in [0, 0.1) is 5.92 Å². The second-order valence-corrected chi connectivity index (χ2v) is 27.7. The molecule has 0 aromatic rings. The molecule has 0 aliphatic carbocycles. The van der Waals surface area contributed by atoms with Crippen molar-refractivity contribution in [3.05, 3.63) is 0 Å². The van der Waals surface area contributed by atoms with Crippen LogP contribution in [0.5, 0.6) is 0 Å². The lowest BCUT2D eigenvalue weighted by molar-refractivity contribution is -0.272. The molecule has 43 nitrogen and oxygen atoms in total. The van der Waals surface area contributed by atoms with Crippen molar-refractivity contribution >= 4 is 55.0 Å². The Morgan fingerprint density at radius 2 is 0.714 bits per heavy atom. The highest BCUT2D eigenvalue weighted by Gasteiger charge is 2.48. The molecule has 18 atom stereocenters. The first-order valence-corrected chi connectivity index (χ1v) is 39.2. The lowest BCUT2D eigenvalue weighted by Crippen LogP contribution is -2.64. The number of phosphoric acid groups is 1. The smallest absolute Gasteiger partial charge is 0.394 e. The predicted molar refractivity (Wildman–Crippen MR) is 384 cm³/mol. The summed E-state index contributed by atoms with van der Waals surface area (Å²) in [6.07, 6.45) is -12.0. The van der Waals surface area contributed by atoms with Gasteiger partial charge in [0.1, 0.15) is 92.9 Å². The maximum absolute atomic E-state index is 14.3. The van der Waals surface area contributed by atoms with Crippen LogP contribution in [-0.2, 0) is 123 Å². The molecule has 0 bridgehead atoms. The third kappa shape index (κ3) is 43.4. The molecule has 3 aliphatic rings. The van der Waals surface area contributed by atoms with Crippen molar-refractivity contribution in [2.75, 3.05) is 192 Å². The van der Waals surface area contributed by atoms with E-state index in [9.17, 15) is 93.8 Å². The number of hydrogen-bond donors (Lipinski definition) is 17. The van der Waals surface area contributed by atoms with Crippen LogP contribution in [0.25, 0.3) is 0 Å². The number of rotatable bonds is 66. The van der Waals surface area contributed by atoms with Gasteiger partial charge in [0.05, 0.1) is 151 Å². The van der Waals surface area contributed by atoms with Crippen LogP contribution < -0.4 is 37.2 Å². The number of ketones is 1. The first-order chi connectivity index (χ1) is 53.8. The molecule has 0 saturated carbocycles. The Morgan fingerprint density at radius 3 is 1.07 bits per heavy atom. The summed E-state index contributed by atoms with van der Waals surface area (Å²) in [6, 6.07) is -4.40. The van der Waals surface area contributed by atoms with E-state index in [0.29, 0.717) is 51.4 Å². The van der Waals surface area contributed by atoms with Crippen LogP contribution in [-0.4, -0.2) is 388 Å². The van der Waals surface area contributed by atoms with Gasteiger partial charge in [0.2, 0.25) is 41.4 Å². The molecule has 652 valence electrons. The van der Waals surface area contributed by atoms with Crippen LogP contribution in [0.2, 0.25) is 0 Å². The van der Waals surface area contributed by atoms with Crippen molar-refractivity contribution in [3.63, 3.8) is 0 Å². The Morgan fingerprint density at radius 1 is 0.393 bits per heavy atom. The van der Waals surface area contributed by atoms with E-state index in [0.717, 1.165) is 7.11 Å². The van der Waals surface area contributed by atoms with E-state index in [-0.39, 0.29) is 178 Å². The van der Waals surface area contributed by atoms with Crippen LogP contribution in [0.15, 0.2) is 0 Å². The molecular formula is C68H124N7O36P. The average Bonchev–Trinajstić information content (AvgIpc) is 0.821. The summed E-state index contributed by atoms with van der Waals surface area (Å²) in [5.74, 6) is -4.71. The van der Waals surface area contributed by atoms with Crippen molar-refractivity contribution in [3.8, 4) is 0 Å². The first kappa shape index (κ1) is 101. The van der Waals surface area contributed by atoms with E-state index in [4.69, 9.17) is 75.6 Å². The molecular weight excluding hydrogens is 1520 g/mol. The molecule has 3 fully saturated rings. The minimum absolute atomic E-state index is 0.0195. The van der Waals surface area contributed by atoms with Gasteiger partial charge in [0.25, 0.3) is 0 Å². The van der Waals surface area contributed by atoms with Gasteiger partial charge >= 0.3 is 7.82 Å². The van der Waals surface area contributed by atoms with Crippen molar-refractivity contribution in [1.82, 2.24) is 37.2 Å². The number of carbonyl (C=O) groups is 8. The third-order valence-electron chi connectivity index (χ3n) is 17.2. The van der Waals surface area contributed by atoms with Crippen molar-refractivity contribution in [2.45, 2.75) is 189 Å². The van der Waals surface area contributed by atoms with Crippen LogP contribution in [0.4, 0.5) is 0 Å². The molecule has 2 unspecified atom stereocenters. The summed E-state index contributed by atoms with van der Waals surface area (Å²) < 4.78 is 104. The summed E-state index contributed by atoms with van der Waals surface area (Å²) in [7, 11) is -3.07. The van der Waals surface area contributed by atoms with Crippen LogP contribution in [0.3, 0.4) is 0 Å². The number of aliphatic hydroxyl groups is 9. The van der Waals surface area contributed by atoms with E-state index >= 15 is 0 Å². The highest BCUT2D eigenvalue weighted by atomic mass is 31.2. The van der Waals surface area contributed by atoms with E-state index in [1.165, 1.54) is 20.8 Å². The minimum Gasteiger partial charge on any atom is -0.394 e. The lowest BCUT2D eigenvalue weighted by atomic mass is 9.91. The first-order valence-electron chi connectivity index (χ1n) is 37.7. The zero-order chi connectivity index (χ0) is 82.5. The predicted octanol–water partition coefficient (Wildman–Crippen LogP) is -6.91. The summed E-state index contributed by atoms with van der Waals surface area (Å²) in [5.41, 5.74) is 0. The fourth-order valence-electron chi connectivity index (χ4n) is 11.3. The van der Waals surface area contributed by atoms with Gasteiger partial charge in [0, 0.05) is 59.9 Å². The van der Waals surface area contributed by atoms with Gasteiger partial charge < -0.3 is 159 Å². The minimum atomic E-state index is -4.13. The van der Waals surface area contributed by atoms with Gasteiger partial charge in [-0.05, 0) is 44.9 Å². The van der Waals surface area contributed by atoms with Gasteiger partial charge in [-0.1, -0.05) is 19.3 Å². The molecule has 17 N–H and O–H groups in total. The van der Waals surface area contributed by atoms with E-state index in [1.807, 2.05) is 0 Å². The summed E-state index contributed by atoms with van der Waals surface area (Å²) >= 11 is 0. The Kier molecular flexibility index (Phi) is 54.8. The second kappa shape index (κ2) is 60.6. The molecule has 112 heavy (non-hydrogen) atoms. The number of nitrogens with one attached hydrogen (secondary N) is 7. The molecule has 0 aromatic heterocycles. The molecule has 3 aliphatic heterocycles. The molecule has 7 amide bonds. The quantitative estimate of drug-likeness (QED) is 0.0199. The number of carbonyl (C=O) groups excluding carboxylic acids is 8. The van der Waals surface area contributed by atoms with E-state index < -0.39 is 185 Å². The molecule has 0 spiro atoms.